The molecule has 1 N–H and O–H groups in total. The van der Waals surface area contributed by atoms with E-state index in [1.54, 1.807) is 17.4 Å². The molecule has 0 radical (unpaired) electrons. The summed E-state index contributed by atoms with van der Waals surface area (Å²) < 4.78 is 8.39. The van der Waals surface area contributed by atoms with Crippen LogP contribution in [0, 0.1) is 6.92 Å². The molecule has 0 amide bonds. The SMILES string of the molecule is CCc1nn([C@H](CC)C(=O)O)c(=O)c2cc3oc(C)cc3n12. The molecule has 0 unspecified atom stereocenters. The Kier molecular flexibility index (Phi) is 3.27. The zero-order valence-corrected chi connectivity index (χ0v) is 12.7. The first-order chi connectivity index (χ1) is 10.5. The Morgan fingerprint density at radius 1 is 1.36 bits per heavy atom. The predicted molar refractivity (Wildman–Crippen MR) is 80.3 cm³/mol. The minimum Gasteiger partial charge on any atom is -0.480 e. The molecule has 0 spiro atoms. The van der Waals surface area contributed by atoms with Crippen LogP contribution < -0.4 is 5.56 Å². The Balaban J connectivity index is 2.41. The highest BCUT2D eigenvalue weighted by atomic mass is 16.4. The summed E-state index contributed by atoms with van der Waals surface area (Å²) in [5.74, 6) is 0.322. The van der Waals surface area contributed by atoms with Gasteiger partial charge in [0.2, 0.25) is 0 Å². The third-order valence-corrected chi connectivity index (χ3v) is 3.80. The maximum absolute atomic E-state index is 12.6. The summed E-state index contributed by atoms with van der Waals surface area (Å²) in [5.41, 5.74) is 1.35. The molecule has 7 heteroatoms. The molecule has 3 aromatic heterocycles. The van der Waals surface area contributed by atoms with E-state index in [0.717, 1.165) is 16.0 Å². The van der Waals surface area contributed by atoms with Crippen LogP contribution in [0.1, 0.15) is 37.9 Å². The highest BCUT2D eigenvalue weighted by Gasteiger charge is 2.23. The van der Waals surface area contributed by atoms with Gasteiger partial charge in [0.05, 0.1) is 5.52 Å². The van der Waals surface area contributed by atoms with Gasteiger partial charge >= 0.3 is 5.97 Å². The van der Waals surface area contributed by atoms with E-state index in [2.05, 4.69) is 5.10 Å². The Labute approximate surface area is 125 Å². The topological polar surface area (TPSA) is 89.7 Å². The molecular weight excluding hydrogens is 286 g/mol. The van der Waals surface area contributed by atoms with Crippen LogP contribution in [0.5, 0.6) is 0 Å². The van der Waals surface area contributed by atoms with Crippen LogP contribution in [0.2, 0.25) is 0 Å². The number of carboxylic acid groups (broad SMARTS) is 1. The quantitative estimate of drug-likeness (QED) is 0.797. The molecule has 0 aliphatic rings. The van der Waals surface area contributed by atoms with Gasteiger partial charge in [-0.1, -0.05) is 13.8 Å². The molecule has 0 saturated carbocycles. The number of hydrogen-bond acceptors (Lipinski definition) is 4. The molecule has 0 saturated heterocycles. The van der Waals surface area contributed by atoms with Crippen molar-refractivity contribution in [2.24, 2.45) is 0 Å². The number of aromatic nitrogens is 3. The lowest BCUT2D eigenvalue weighted by Gasteiger charge is -2.14. The van der Waals surface area contributed by atoms with Crippen molar-refractivity contribution in [3.8, 4) is 0 Å². The number of carbonyl (C=O) groups is 1. The Bertz CT molecular complexity index is 932. The molecule has 0 aliphatic heterocycles. The van der Waals surface area contributed by atoms with Crippen LogP contribution >= 0.6 is 0 Å². The summed E-state index contributed by atoms with van der Waals surface area (Å²) in [6.45, 7) is 5.47. The van der Waals surface area contributed by atoms with E-state index >= 15 is 0 Å². The predicted octanol–water partition coefficient (Wildman–Crippen LogP) is 2.15. The van der Waals surface area contributed by atoms with E-state index in [9.17, 15) is 14.7 Å². The Morgan fingerprint density at radius 2 is 2.09 bits per heavy atom. The van der Waals surface area contributed by atoms with Gasteiger partial charge in [-0.15, -0.1) is 0 Å². The minimum atomic E-state index is -1.06. The van der Waals surface area contributed by atoms with Gasteiger partial charge in [-0.05, 0) is 13.3 Å². The van der Waals surface area contributed by atoms with E-state index in [1.165, 1.54) is 0 Å². The molecule has 3 heterocycles. The number of carboxylic acids is 1. The summed E-state index contributed by atoms with van der Waals surface area (Å²) in [6, 6.07) is 2.53. The van der Waals surface area contributed by atoms with Crippen molar-refractivity contribution in [3.63, 3.8) is 0 Å². The van der Waals surface area contributed by atoms with Gasteiger partial charge in [-0.3, -0.25) is 9.20 Å². The van der Waals surface area contributed by atoms with Crippen LogP contribution in [0.4, 0.5) is 0 Å². The molecule has 3 aromatic rings. The van der Waals surface area contributed by atoms with Crippen LogP contribution in [-0.2, 0) is 11.2 Å². The van der Waals surface area contributed by atoms with E-state index in [1.807, 2.05) is 19.9 Å². The van der Waals surface area contributed by atoms with Crippen LogP contribution in [0.3, 0.4) is 0 Å². The fourth-order valence-corrected chi connectivity index (χ4v) is 2.78. The number of aryl methyl sites for hydroxylation is 2. The monoisotopic (exact) mass is 303 g/mol. The molecule has 0 aromatic carbocycles. The van der Waals surface area contributed by atoms with Crippen molar-refractivity contribution >= 4 is 22.6 Å². The van der Waals surface area contributed by atoms with Crippen molar-refractivity contribution in [1.82, 2.24) is 14.2 Å². The largest absolute Gasteiger partial charge is 0.480 e. The first-order valence-electron chi connectivity index (χ1n) is 7.24. The van der Waals surface area contributed by atoms with Crippen molar-refractivity contribution in [1.29, 1.82) is 0 Å². The fraction of sp³-hybridized carbons (Fsp3) is 0.400. The van der Waals surface area contributed by atoms with Crippen molar-refractivity contribution in [3.05, 3.63) is 34.1 Å². The number of rotatable bonds is 4. The second-order valence-electron chi connectivity index (χ2n) is 5.25. The first kappa shape index (κ1) is 14.4. The van der Waals surface area contributed by atoms with E-state index in [-0.39, 0.29) is 6.42 Å². The summed E-state index contributed by atoms with van der Waals surface area (Å²) in [5, 5.41) is 13.6. The maximum Gasteiger partial charge on any atom is 0.328 e. The molecule has 0 aliphatic carbocycles. The van der Waals surface area contributed by atoms with Gasteiger partial charge in [0.25, 0.3) is 5.56 Å². The second-order valence-corrected chi connectivity index (χ2v) is 5.25. The lowest BCUT2D eigenvalue weighted by atomic mass is 10.2. The highest BCUT2D eigenvalue weighted by molar-refractivity contribution is 5.83. The average molecular weight is 303 g/mol. The summed E-state index contributed by atoms with van der Waals surface area (Å²) >= 11 is 0. The van der Waals surface area contributed by atoms with Crippen LogP contribution in [0.15, 0.2) is 21.3 Å². The standard InChI is InChI=1S/C15H17N3O4/c1-4-9(15(20)21)18-14(19)11-7-12-10(6-8(3)22-12)17(11)13(5-2)16-18/h6-7,9H,4-5H2,1-3H3,(H,20,21)/t9-/m1/s1. The van der Waals surface area contributed by atoms with Gasteiger partial charge in [-0.2, -0.15) is 5.10 Å². The number of nitrogens with zero attached hydrogens (tertiary/aromatic N) is 3. The highest BCUT2D eigenvalue weighted by Crippen LogP contribution is 2.23. The van der Waals surface area contributed by atoms with Gasteiger partial charge in [0.15, 0.2) is 11.6 Å². The molecule has 116 valence electrons. The van der Waals surface area contributed by atoms with Gasteiger partial charge in [0, 0.05) is 18.6 Å². The van der Waals surface area contributed by atoms with Crippen molar-refractivity contribution < 1.29 is 14.3 Å². The smallest absolute Gasteiger partial charge is 0.328 e. The molecule has 0 fully saturated rings. The minimum absolute atomic E-state index is 0.289. The molecular formula is C15H17N3O4. The van der Waals surface area contributed by atoms with Crippen molar-refractivity contribution in [2.45, 2.75) is 39.7 Å². The van der Waals surface area contributed by atoms with E-state index in [4.69, 9.17) is 4.42 Å². The van der Waals surface area contributed by atoms with Gasteiger partial charge in [-0.25, -0.2) is 9.48 Å². The number of furan rings is 1. The molecule has 0 bridgehead atoms. The number of fused-ring (bicyclic) bond motifs is 3. The maximum atomic E-state index is 12.6. The Hall–Kier alpha value is -2.57. The molecule has 22 heavy (non-hydrogen) atoms. The van der Waals surface area contributed by atoms with Crippen LogP contribution in [-0.4, -0.2) is 25.3 Å². The normalized spacial score (nSPS) is 13.0. The van der Waals surface area contributed by atoms with E-state index < -0.39 is 17.6 Å². The fourth-order valence-electron chi connectivity index (χ4n) is 2.78. The number of aliphatic carboxylic acids is 1. The zero-order chi connectivity index (χ0) is 16.0. The number of hydrogen-bond donors (Lipinski definition) is 1. The van der Waals surface area contributed by atoms with Gasteiger partial charge < -0.3 is 9.52 Å². The molecule has 7 nitrogen and oxygen atoms in total. The summed E-state index contributed by atoms with van der Waals surface area (Å²) in [4.78, 5) is 24.0. The second kappa shape index (κ2) is 5.01. The lowest BCUT2D eigenvalue weighted by Crippen LogP contribution is -2.34. The summed E-state index contributed by atoms with van der Waals surface area (Å²) in [6.07, 6.45) is 0.859. The third-order valence-electron chi connectivity index (χ3n) is 3.80. The Morgan fingerprint density at radius 3 is 2.68 bits per heavy atom. The van der Waals surface area contributed by atoms with Crippen molar-refractivity contribution in [2.75, 3.05) is 0 Å². The molecule has 1 atom stereocenters. The molecule has 3 rings (SSSR count). The van der Waals surface area contributed by atoms with Gasteiger partial charge in [0.1, 0.15) is 17.1 Å². The van der Waals surface area contributed by atoms with E-state index in [0.29, 0.717) is 23.3 Å². The lowest BCUT2D eigenvalue weighted by molar-refractivity contribution is -0.141. The third kappa shape index (κ3) is 1.93. The van der Waals surface area contributed by atoms with Crippen LogP contribution in [0.25, 0.3) is 16.6 Å². The zero-order valence-electron chi connectivity index (χ0n) is 12.7. The first-order valence-corrected chi connectivity index (χ1v) is 7.24. The average Bonchev–Trinajstić information content (AvgIpc) is 2.98. The summed E-state index contributed by atoms with van der Waals surface area (Å²) in [7, 11) is 0.